The zero-order chi connectivity index (χ0) is 26.1. The molecule has 1 saturated heterocycles. The number of hydrogen-bond donors (Lipinski definition) is 1. The minimum absolute atomic E-state index is 0.0898. The number of aliphatic hydroxyl groups excluding tert-OH is 1. The molecule has 0 saturated carbocycles. The van der Waals surface area contributed by atoms with Crippen LogP contribution in [0.15, 0.2) is 98.5 Å². The molecule has 0 spiro atoms. The predicted octanol–water partition coefficient (Wildman–Crippen LogP) is 3.45. The smallest absolute Gasteiger partial charge is 0.137 e. The highest BCUT2D eigenvalue weighted by molar-refractivity contribution is 7.99. The van der Waals surface area contributed by atoms with Gasteiger partial charge in [-0.05, 0) is 30.3 Å². The van der Waals surface area contributed by atoms with Crippen LogP contribution in [0.4, 0.5) is 5.69 Å². The van der Waals surface area contributed by atoms with Crippen LogP contribution in [0.1, 0.15) is 5.56 Å². The van der Waals surface area contributed by atoms with Crippen LogP contribution in [0.25, 0.3) is 0 Å². The summed E-state index contributed by atoms with van der Waals surface area (Å²) >= 11 is 1.80. The first-order valence-corrected chi connectivity index (χ1v) is 14.3. The molecule has 2 aliphatic heterocycles. The maximum absolute atomic E-state index is 10.3. The normalized spacial score (nSPS) is 15.5. The van der Waals surface area contributed by atoms with Crippen molar-refractivity contribution in [2.75, 3.05) is 52.5 Å². The Morgan fingerprint density at radius 3 is 2.19 bits per heavy atom. The number of hydrogen-bond acceptors (Lipinski definition) is 9. The number of ether oxygens (including phenoxy) is 1. The fourth-order valence-corrected chi connectivity index (χ4v) is 5.55. The Morgan fingerprint density at radius 1 is 0.865 bits per heavy atom. The number of piperazine rings is 1. The highest BCUT2D eigenvalue weighted by Gasteiger charge is 2.25. The van der Waals surface area contributed by atoms with Gasteiger partial charge in [0, 0.05) is 48.1 Å². The van der Waals surface area contributed by atoms with Gasteiger partial charge in [0.25, 0.3) is 0 Å². The monoisotopic (exact) mass is 540 g/mol. The summed E-state index contributed by atoms with van der Waals surface area (Å²) in [6.07, 6.45) is 0. The van der Waals surface area contributed by atoms with E-state index in [4.69, 9.17) is 14.8 Å². The lowest BCUT2D eigenvalue weighted by atomic mass is 10.1. The van der Waals surface area contributed by atoms with Gasteiger partial charge < -0.3 is 19.3 Å². The lowest BCUT2D eigenvalue weighted by molar-refractivity contribution is 0.0652. The highest BCUT2D eigenvalue weighted by atomic mass is 32.2. The molecule has 0 radical (unpaired) electrons. The summed E-state index contributed by atoms with van der Waals surface area (Å²) in [5, 5.41) is 8.79. The Morgan fingerprint density at radius 2 is 1.51 bits per heavy atom. The molecule has 10 heteroatoms. The molecule has 0 aromatic heterocycles. The Balaban J connectivity index is 0.000000270. The topological polar surface area (TPSA) is 106 Å². The summed E-state index contributed by atoms with van der Waals surface area (Å²) < 4.78 is 36.2. The zero-order valence-corrected chi connectivity index (χ0v) is 22.0. The van der Waals surface area contributed by atoms with Crippen LogP contribution >= 0.6 is 11.8 Å². The molecular formula is C27H30N3O5S2-. The molecule has 0 bridgehead atoms. The molecule has 0 unspecified atom stereocenters. The number of benzene rings is 3. The van der Waals surface area contributed by atoms with Gasteiger partial charge in [-0.15, -0.1) is 0 Å². The van der Waals surface area contributed by atoms with Gasteiger partial charge in [-0.1, -0.05) is 60.3 Å². The van der Waals surface area contributed by atoms with Gasteiger partial charge in [0.05, 0.1) is 30.4 Å². The van der Waals surface area contributed by atoms with Gasteiger partial charge in [-0.25, -0.2) is 13.4 Å². The van der Waals surface area contributed by atoms with E-state index in [2.05, 4.69) is 58.3 Å². The van der Waals surface area contributed by atoms with Crippen molar-refractivity contribution in [2.45, 2.75) is 14.7 Å². The van der Waals surface area contributed by atoms with Crippen LogP contribution < -0.4 is 0 Å². The van der Waals surface area contributed by atoms with E-state index in [-0.39, 0.29) is 11.5 Å². The van der Waals surface area contributed by atoms with E-state index < -0.39 is 10.1 Å². The quantitative estimate of drug-likeness (QED) is 0.375. The molecule has 0 amide bonds. The van der Waals surface area contributed by atoms with E-state index in [1.165, 1.54) is 39.6 Å². The summed E-state index contributed by atoms with van der Waals surface area (Å²) in [6, 6.07) is 24.1. The molecule has 2 heterocycles. The summed E-state index contributed by atoms with van der Waals surface area (Å²) in [5.74, 6) is 1.08. The highest BCUT2D eigenvalue weighted by Crippen LogP contribution is 2.40. The van der Waals surface area contributed by atoms with Crippen LogP contribution in [0, 0.1) is 0 Å². The second-order valence-electron chi connectivity index (χ2n) is 8.43. The second kappa shape index (κ2) is 13.2. The summed E-state index contributed by atoms with van der Waals surface area (Å²) in [7, 11) is -4.25. The van der Waals surface area contributed by atoms with Gasteiger partial charge in [0.15, 0.2) is 0 Å². The first-order chi connectivity index (χ1) is 18.0. The van der Waals surface area contributed by atoms with Crippen LogP contribution in [0.3, 0.4) is 0 Å². The number of amidine groups is 1. The van der Waals surface area contributed by atoms with E-state index in [1.807, 2.05) is 0 Å². The third kappa shape index (κ3) is 7.64. The fraction of sp³-hybridized carbons (Fsp3) is 0.296. The van der Waals surface area contributed by atoms with E-state index in [0.29, 0.717) is 13.2 Å². The van der Waals surface area contributed by atoms with Crippen molar-refractivity contribution in [3.05, 3.63) is 84.4 Å². The van der Waals surface area contributed by atoms with Gasteiger partial charge in [-0.2, -0.15) is 0 Å². The van der Waals surface area contributed by atoms with E-state index in [1.54, 1.807) is 17.8 Å². The van der Waals surface area contributed by atoms with Crippen molar-refractivity contribution in [3.8, 4) is 0 Å². The van der Waals surface area contributed by atoms with Crippen molar-refractivity contribution in [1.29, 1.82) is 0 Å². The number of rotatable bonds is 6. The van der Waals surface area contributed by atoms with Gasteiger partial charge in [0.1, 0.15) is 16.0 Å². The third-order valence-electron chi connectivity index (χ3n) is 5.93. The van der Waals surface area contributed by atoms with E-state index >= 15 is 0 Å². The van der Waals surface area contributed by atoms with Crippen molar-refractivity contribution < 1.29 is 22.8 Å². The molecule has 8 nitrogen and oxygen atoms in total. The summed E-state index contributed by atoms with van der Waals surface area (Å²) in [6.45, 7) is 6.01. The SMILES string of the molecule is O=S(=O)([O-])c1ccccc1.OCCOCCN1CCN(C2=Nc3ccccc3Sc3ccccc32)CC1. The number of aliphatic imine (C=N–C) groups is 1. The van der Waals surface area contributed by atoms with Crippen LogP contribution in [0.5, 0.6) is 0 Å². The van der Waals surface area contributed by atoms with E-state index in [0.717, 1.165) is 44.2 Å². The first kappa shape index (κ1) is 27.3. The molecule has 37 heavy (non-hydrogen) atoms. The number of para-hydroxylation sites is 1. The molecule has 1 fully saturated rings. The van der Waals surface area contributed by atoms with Gasteiger partial charge in [-0.3, -0.25) is 4.90 Å². The lowest BCUT2D eigenvalue weighted by Gasteiger charge is -2.36. The molecule has 1 N–H and O–H groups in total. The van der Waals surface area contributed by atoms with Crippen molar-refractivity contribution in [2.24, 2.45) is 4.99 Å². The Bertz CT molecular complexity index is 1290. The minimum atomic E-state index is -4.25. The molecule has 3 aromatic rings. The molecule has 2 aliphatic rings. The third-order valence-corrected chi connectivity index (χ3v) is 7.92. The number of nitrogens with zero attached hydrogens (tertiary/aromatic N) is 3. The Kier molecular flexibility index (Phi) is 9.73. The summed E-state index contributed by atoms with van der Waals surface area (Å²) in [5.41, 5.74) is 2.27. The average molecular weight is 541 g/mol. The molecule has 0 aliphatic carbocycles. The van der Waals surface area contributed by atoms with Gasteiger partial charge >= 0.3 is 0 Å². The Hall–Kier alpha value is -2.73. The van der Waals surface area contributed by atoms with Crippen LogP contribution in [-0.4, -0.2) is 86.3 Å². The summed E-state index contributed by atoms with van der Waals surface area (Å²) in [4.78, 5) is 12.2. The Labute approximate surface area is 222 Å². The largest absolute Gasteiger partial charge is 0.744 e. The average Bonchev–Trinajstić information content (AvgIpc) is 3.09. The van der Waals surface area contributed by atoms with Crippen LogP contribution in [0.2, 0.25) is 0 Å². The molecule has 5 rings (SSSR count). The second-order valence-corrected chi connectivity index (χ2v) is 10.9. The van der Waals surface area contributed by atoms with Crippen LogP contribution in [-0.2, 0) is 14.9 Å². The first-order valence-electron chi connectivity index (χ1n) is 12.1. The minimum Gasteiger partial charge on any atom is -0.744 e. The number of aliphatic hydroxyl groups is 1. The van der Waals surface area contributed by atoms with Crippen molar-refractivity contribution in [1.82, 2.24) is 9.80 Å². The molecular weight excluding hydrogens is 510 g/mol. The zero-order valence-electron chi connectivity index (χ0n) is 20.4. The standard InChI is InChI=1S/C21H25N3O2S.C6H6O3S/c25-14-16-26-15-13-23-9-11-24(12-10-23)21-17-5-1-3-7-19(17)27-20-8-4-2-6-18(20)22-21;7-10(8,9)6-4-2-1-3-5-6/h1-8,25H,9-16H2;1-5H,(H,7,8,9)/p-1. The molecule has 0 atom stereocenters. The maximum Gasteiger partial charge on any atom is 0.137 e. The van der Waals surface area contributed by atoms with Crippen molar-refractivity contribution in [3.63, 3.8) is 0 Å². The number of fused-ring (bicyclic) bond motifs is 2. The fourth-order valence-electron chi connectivity index (χ4n) is 4.04. The van der Waals surface area contributed by atoms with Gasteiger partial charge in [0.2, 0.25) is 0 Å². The molecule has 196 valence electrons. The lowest BCUT2D eigenvalue weighted by Crippen LogP contribution is -2.49. The molecule has 3 aromatic carbocycles. The maximum atomic E-state index is 10.3. The van der Waals surface area contributed by atoms with Crippen molar-refractivity contribution >= 4 is 33.4 Å². The predicted molar refractivity (Wildman–Crippen MR) is 144 cm³/mol. The van der Waals surface area contributed by atoms with E-state index in [9.17, 15) is 13.0 Å².